The van der Waals surface area contributed by atoms with E-state index in [1.165, 1.54) is 12.1 Å². The molecule has 0 aromatic heterocycles. The van der Waals surface area contributed by atoms with Crippen molar-refractivity contribution in [2.24, 2.45) is 5.41 Å². The van der Waals surface area contributed by atoms with Crippen LogP contribution in [0, 0.1) is 16.7 Å². The van der Waals surface area contributed by atoms with Crippen LogP contribution in [-0.2, 0) is 16.4 Å². The summed E-state index contributed by atoms with van der Waals surface area (Å²) in [5, 5.41) is 8.58. The van der Waals surface area contributed by atoms with E-state index in [0.717, 1.165) is 5.56 Å². The van der Waals surface area contributed by atoms with Gasteiger partial charge in [0.25, 0.3) is 0 Å². The van der Waals surface area contributed by atoms with Crippen LogP contribution in [0.25, 0.3) is 0 Å². The molecule has 0 saturated carbocycles. The maximum absolute atomic E-state index is 12.2. The molecule has 1 rings (SSSR count). The Kier molecular flexibility index (Phi) is 4.72. The van der Waals surface area contributed by atoms with Gasteiger partial charge in [0.05, 0.1) is 17.4 Å². The van der Waals surface area contributed by atoms with Gasteiger partial charge in [-0.25, -0.2) is 13.1 Å². The van der Waals surface area contributed by atoms with E-state index in [-0.39, 0.29) is 22.8 Å². The van der Waals surface area contributed by atoms with Crippen molar-refractivity contribution in [2.75, 3.05) is 0 Å². The number of sulfonamides is 1. The van der Waals surface area contributed by atoms with Gasteiger partial charge in [0.15, 0.2) is 0 Å². The Bertz CT molecular complexity index is 563. The van der Waals surface area contributed by atoms with Crippen molar-refractivity contribution in [1.29, 1.82) is 5.26 Å². The highest BCUT2D eigenvalue weighted by molar-refractivity contribution is 7.89. The Labute approximate surface area is 115 Å². The van der Waals surface area contributed by atoms with Crippen LogP contribution >= 0.6 is 0 Å². The molecule has 0 fully saturated rings. The monoisotopic (exact) mass is 280 g/mol. The first kappa shape index (κ1) is 15.7. The second-order valence-corrected chi connectivity index (χ2v) is 7.40. The Morgan fingerprint density at radius 1 is 1.26 bits per heavy atom. The number of nitriles is 1. The van der Waals surface area contributed by atoms with Crippen molar-refractivity contribution < 1.29 is 8.42 Å². The first-order valence-electron chi connectivity index (χ1n) is 6.15. The van der Waals surface area contributed by atoms with Crippen LogP contribution in [0.15, 0.2) is 29.2 Å². The summed E-state index contributed by atoms with van der Waals surface area (Å²) in [4.78, 5) is 0.227. The first-order valence-corrected chi connectivity index (χ1v) is 7.63. The van der Waals surface area contributed by atoms with Crippen molar-refractivity contribution in [2.45, 2.75) is 45.1 Å². The number of benzene rings is 1. The predicted molar refractivity (Wildman–Crippen MR) is 75.0 cm³/mol. The third-order valence-corrected chi connectivity index (χ3v) is 4.70. The van der Waals surface area contributed by atoms with Gasteiger partial charge in [-0.1, -0.05) is 32.9 Å². The lowest BCUT2D eigenvalue weighted by Crippen LogP contribution is -2.41. The second-order valence-electron chi connectivity index (χ2n) is 5.69. The standard InChI is InChI=1S/C14H20N2O2S/c1-11(14(2,3)4)16-19(17,18)13-7-5-12(6-8-13)9-10-15/h5-8,11,16H,9H2,1-4H3. The van der Waals surface area contributed by atoms with Crippen LogP contribution in [0.4, 0.5) is 0 Å². The molecule has 0 saturated heterocycles. The number of hydrogen-bond donors (Lipinski definition) is 1. The molecular weight excluding hydrogens is 260 g/mol. The minimum atomic E-state index is -3.51. The highest BCUT2D eigenvalue weighted by atomic mass is 32.2. The number of hydrogen-bond acceptors (Lipinski definition) is 3. The summed E-state index contributed by atoms with van der Waals surface area (Å²) in [5.74, 6) is 0. The third kappa shape index (κ3) is 4.34. The molecule has 0 amide bonds. The molecule has 1 atom stereocenters. The normalized spacial score (nSPS) is 13.8. The summed E-state index contributed by atoms with van der Waals surface area (Å²) in [6, 6.07) is 8.26. The maximum atomic E-state index is 12.2. The molecule has 19 heavy (non-hydrogen) atoms. The molecule has 1 aromatic carbocycles. The van der Waals surface area contributed by atoms with Gasteiger partial charge >= 0.3 is 0 Å². The zero-order chi connectivity index (χ0) is 14.7. The average molecular weight is 280 g/mol. The molecular formula is C14H20N2O2S. The van der Waals surface area contributed by atoms with Gasteiger partial charge in [0.1, 0.15) is 0 Å². The van der Waals surface area contributed by atoms with E-state index in [9.17, 15) is 8.42 Å². The molecule has 1 N–H and O–H groups in total. The van der Waals surface area contributed by atoms with Crippen LogP contribution in [0.3, 0.4) is 0 Å². The Hall–Kier alpha value is -1.38. The van der Waals surface area contributed by atoms with Gasteiger partial charge in [-0.2, -0.15) is 5.26 Å². The molecule has 0 spiro atoms. The quantitative estimate of drug-likeness (QED) is 0.921. The summed E-state index contributed by atoms with van der Waals surface area (Å²) in [6.45, 7) is 7.80. The van der Waals surface area contributed by atoms with Gasteiger partial charge in [0.2, 0.25) is 10.0 Å². The van der Waals surface area contributed by atoms with Crippen LogP contribution in [0.5, 0.6) is 0 Å². The lowest BCUT2D eigenvalue weighted by atomic mass is 9.89. The lowest BCUT2D eigenvalue weighted by Gasteiger charge is -2.27. The van der Waals surface area contributed by atoms with E-state index >= 15 is 0 Å². The average Bonchev–Trinajstić information content (AvgIpc) is 2.28. The zero-order valence-electron chi connectivity index (χ0n) is 11.8. The maximum Gasteiger partial charge on any atom is 0.240 e. The van der Waals surface area contributed by atoms with Crippen LogP contribution in [0.2, 0.25) is 0 Å². The van der Waals surface area contributed by atoms with E-state index in [4.69, 9.17) is 5.26 Å². The number of rotatable bonds is 4. The summed E-state index contributed by atoms with van der Waals surface area (Å²) >= 11 is 0. The van der Waals surface area contributed by atoms with Crippen LogP contribution < -0.4 is 4.72 Å². The molecule has 0 bridgehead atoms. The van der Waals surface area contributed by atoms with Crippen molar-refractivity contribution in [3.05, 3.63) is 29.8 Å². The molecule has 104 valence electrons. The van der Waals surface area contributed by atoms with E-state index in [1.54, 1.807) is 12.1 Å². The van der Waals surface area contributed by atoms with Crippen molar-refractivity contribution in [3.8, 4) is 6.07 Å². The molecule has 0 heterocycles. The topological polar surface area (TPSA) is 70.0 Å². The largest absolute Gasteiger partial charge is 0.240 e. The first-order chi connectivity index (χ1) is 8.66. The molecule has 1 aromatic rings. The van der Waals surface area contributed by atoms with Gasteiger partial charge in [-0.15, -0.1) is 0 Å². The number of nitrogens with zero attached hydrogens (tertiary/aromatic N) is 1. The van der Waals surface area contributed by atoms with E-state index in [2.05, 4.69) is 4.72 Å². The summed E-state index contributed by atoms with van der Waals surface area (Å²) in [6.07, 6.45) is 0.284. The molecule has 0 radical (unpaired) electrons. The zero-order valence-corrected chi connectivity index (χ0v) is 12.6. The highest BCUT2D eigenvalue weighted by Crippen LogP contribution is 2.21. The van der Waals surface area contributed by atoms with E-state index < -0.39 is 10.0 Å². The minimum Gasteiger partial charge on any atom is -0.208 e. The van der Waals surface area contributed by atoms with Crippen LogP contribution in [0.1, 0.15) is 33.3 Å². The van der Waals surface area contributed by atoms with Gasteiger partial charge in [-0.3, -0.25) is 0 Å². The van der Waals surface area contributed by atoms with E-state index in [0.29, 0.717) is 0 Å². The molecule has 0 aliphatic rings. The molecule has 5 heteroatoms. The minimum absolute atomic E-state index is 0.145. The Morgan fingerprint density at radius 3 is 2.21 bits per heavy atom. The summed E-state index contributed by atoms with van der Waals surface area (Å²) in [5.41, 5.74) is 0.665. The summed E-state index contributed by atoms with van der Waals surface area (Å²) < 4.78 is 27.0. The predicted octanol–water partition coefficient (Wildman–Crippen LogP) is 2.47. The smallest absolute Gasteiger partial charge is 0.208 e. The highest BCUT2D eigenvalue weighted by Gasteiger charge is 2.25. The lowest BCUT2D eigenvalue weighted by molar-refractivity contribution is 0.317. The SMILES string of the molecule is CC(NS(=O)(=O)c1ccc(CC#N)cc1)C(C)(C)C. The Morgan fingerprint density at radius 2 is 1.79 bits per heavy atom. The number of nitrogens with one attached hydrogen (secondary N) is 1. The van der Waals surface area contributed by atoms with Gasteiger partial charge in [-0.05, 0) is 30.0 Å². The second kappa shape index (κ2) is 5.72. The third-order valence-electron chi connectivity index (χ3n) is 3.15. The van der Waals surface area contributed by atoms with E-state index in [1.807, 2.05) is 33.8 Å². The molecule has 0 aliphatic heterocycles. The van der Waals surface area contributed by atoms with Crippen molar-refractivity contribution in [3.63, 3.8) is 0 Å². The van der Waals surface area contributed by atoms with Gasteiger partial charge in [0, 0.05) is 6.04 Å². The molecule has 0 aliphatic carbocycles. The van der Waals surface area contributed by atoms with Gasteiger partial charge < -0.3 is 0 Å². The van der Waals surface area contributed by atoms with Crippen molar-refractivity contribution >= 4 is 10.0 Å². The fraction of sp³-hybridized carbons (Fsp3) is 0.500. The molecule has 4 nitrogen and oxygen atoms in total. The fourth-order valence-electron chi connectivity index (χ4n) is 1.36. The van der Waals surface area contributed by atoms with Crippen molar-refractivity contribution in [1.82, 2.24) is 4.72 Å². The summed E-state index contributed by atoms with van der Waals surface area (Å²) in [7, 11) is -3.51. The van der Waals surface area contributed by atoms with Crippen LogP contribution in [-0.4, -0.2) is 14.5 Å². The Balaban J connectivity index is 2.92. The fourth-order valence-corrected chi connectivity index (χ4v) is 2.80. The molecule has 1 unspecified atom stereocenters.